The molecule has 5 rings (SSSR count). The van der Waals surface area contributed by atoms with Gasteiger partial charge in [0, 0.05) is 17.2 Å². The van der Waals surface area contributed by atoms with E-state index in [1.165, 1.54) is 0 Å². The molecular formula is C27H28N2O4S. The van der Waals surface area contributed by atoms with E-state index in [4.69, 9.17) is 9.47 Å². The summed E-state index contributed by atoms with van der Waals surface area (Å²) < 4.78 is 40.2. The fraction of sp³-hybridized carbons (Fsp3) is 0.259. The molecule has 0 radical (unpaired) electrons. The van der Waals surface area contributed by atoms with Gasteiger partial charge in [0.25, 0.3) is 10.0 Å². The number of ether oxygens (including phenoxy) is 2. The quantitative estimate of drug-likeness (QED) is 0.450. The molecular weight excluding hydrogens is 448 g/mol. The van der Waals surface area contributed by atoms with Gasteiger partial charge in [0.15, 0.2) is 0 Å². The van der Waals surface area contributed by atoms with Crippen molar-refractivity contribution < 1.29 is 17.9 Å². The van der Waals surface area contributed by atoms with Crippen LogP contribution in [-0.4, -0.2) is 22.6 Å². The molecule has 0 unspecified atom stereocenters. The maximum atomic E-state index is 13.2. The Morgan fingerprint density at radius 1 is 0.971 bits per heavy atom. The summed E-state index contributed by atoms with van der Waals surface area (Å²) in [6.45, 7) is 1.88. The molecule has 6 nitrogen and oxygen atoms in total. The Labute approximate surface area is 200 Å². The maximum Gasteiger partial charge on any atom is 0.261 e. The molecule has 0 aromatic heterocycles. The van der Waals surface area contributed by atoms with E-state index in [1.54, 1.807) is 32.4 Å². The number of fused-ring (bicyclic) bond motifs is 3. The molecule has 1 aliphatic heterocycles. The highest BCUT2D eigenvalue weighted by Gasteiger charge is 2.39. The highest BCUT2D eigenvalue weighted by molar-refractivity contribution is 7.92. The number of nitrogens with one attached hydrogen (secondary N) is 2. The SMILES string of the molecule is COc1ccc(OC)c([C@H]2Nc3ccc(S(=O)(=O)Nc4ccccc4C)cc3[C@H]3C=CC[C@H]32)c1. The van der Waals surface area contributed by atoms with Gasteiger partial charge in [-0.2, -0.15) is 0 Å². The topological polar surface area (TPSA) is 76.7 Å². The van der Waals surface area contributed by atoms with Crippen molar-refractivity contribution >= 4 is 21.4 Å². The van der Waals surface area contributed by atoms with Crippen molar-refractivity contribution in [2.24, 2.45) is 5.92 Å². The molecule has 2 aliphatic rings. The summed E-state index contributed by atoms with van der Waals surface area (Å²) in [5.41, 5.74) is 4.41. The second-order valence-electron chi connectivity index (χ2n) is 8.75. The van der Waals surface area contributed by atoms with Gasteiger partial charge in [0.2, 0.25) is 0 Å². The molecule has 3 aromatic rings. The zero-order valence-electron chi connectivity index (χ0n) is 19.4. The highest BCUT2D eigenvalue weighted by Crippen LogP contribution is 2.52. The van der Waals surface area contributed by atoms with Crippen LogP contribution in [0.1, 0.15) is 35.1 Å². The van der Waals surface area contributed by atoms with Crippen LogP contribution < -0.4 is 19.5 Å². The number of sulfonamides is 1. The van der Waals surface area contributed by atoms with E-state index in [1.807, 2.05) is 49.4 Å². The minimum Gasteiger partial charge on any atom is -0.497 e. The van der Waals surface area contributed by atoms with Gasteiger partial charge < -0.3 is 14.8 Å². The summed E-state index contributed by atoms with van der Waals surface area (Å²) in [5.74, 6) is 1.91. The molecule has 0 amide bonds. The molecule has 0 spiro atoms. The number of aryl methyl sites for hydroxylation is 1. The number of allylic oxidation sites excluding steroid dienone is 2. The number of para-hydroxylation sites is 1. The van der Waals surface area contributed by atoms with Crippen molar-refractivity contribution in [1.29, 1.82) is 0 Å². The van der Waals surface area contributed by atoms with Crippen LogP contribution >= 0.6 is 0 Å². The fourth-order valence-corrected chi connectivity index (χ4v) is 6.19. The number of rotatable bonds is 6. The van der Waals surface area contributed by atoms with Crippen LogP contribution in [0.25, 0.3) is 0 Å². The number of anilines is 2. The van der Waals surface area contributed by atoms with Crippen LogP contribution in [0, 0.1) is 12.8 Å². The van der Waals surface area contributed by atoms with Crippen molar-refractivity contribution in [1.82, 2.24) is 0 Å². The second kappa shape index (κ2) is 8.72. The molecule has 176 valence electrons. The van der Waals surface area contributed by atoms with E-state index in [-0.39, 0.29) is 22.8 Å². The van der Waals surface area contributed by atoms with Gasteiger partial charge in [-0.1, -0.05) is 30.4 Å². The van der Waals surface area contributed by atoms with Gasteiger partial charge in [0.1, 0.15) is 11.5 Å². The smallest absolute Gasteiger partial charge is 0.261 e. The van der Waals surface area contributed by atoms with E-state index in [9.17, 15) is 8.42 Å². The van der Waals surface area contributed by atoms with Crippen LogP contribution in [-0.2, 0) is 10.0 Å². The van der Waals surface area contributed by atoms with Gasteiger partial charge in [-0.05, 0) is 72.9 Å². The summed E-state index contributed by atoms with van der Waals surface area (Å²) in [5, 5.41) is 3.66. The molecule has 0 saturated heterocycles. The van der Waals surface area contributed by atoms with Crippen molar-refractivity contribution in [3.05, 3.63) is 89.5 Å². The molecule has 3 aromatic carbocycles. The maximum absolute atomic E-state index is 13.2. The molecule has 3 atom stereocenters. The minimum absolute atomic E-state index is 0.00472. The first-order valence-electron chi connectivity index (χ1n) is 11.3. The lowest BCUT2D eigenvalue weighted by Gasteiger charge is -2.38. The van der Waals surface area contributed by atoms with Crippen molar-refractivity contribution in [2.45, 2.75) is 30.2 Å². The molecule has 0 fully saturated rings. The molecule has 7 heteroatoms. The lowest BCUT2D eigenvalue weighted by Crippen LogP contribution is -2.29. The van der Waals surface area contributed by atoms with Crippen molar-refractivity contribution in [3.63, 3.8) is 0 Å². The van der Waals surface area contributed by atoms with E-state index in [2.05, 4.69) is 22.2 Å². The lowest BCUT2D eigenvalue weighted by atomic mass is 9.77. The van der Waals surface area contributed by atoms with Crippen molar-refractivity contribution in [3.8, 4) is 11.5 Å². The van der Waals surface area contributed by atoms with Gasteiger partial charge in [0.05, 0.1) is 30.8 Å². The van der Waals surface area contributed by atoms with E-state index < -0.39 is 10.0 Å². The third kappa shape index (κ3) is 3.90. The number of hydrogen-bond donors (Lipinski definition) is 2. The number of methoxy groups -OCH3 is 2. The molecule has 2 N–H and O–H groups in total. The summed E-state index contributed by atoms with van der Waals surface area (Å²) in [6.07, 6.45) is 5.26. The standard InChI is InChI=1S/C27H28N2O4S/c1-17-7-4-5-10-24(17)29-34(30,31)19-12-13-25-22(16-19)20-8-6-9-21(20)27(28-25)23-15-18(32-2)11-14-26(23)33-3/h4-8,10-16,20-21,27-29H,9H2,1-3H3/t20-,21+,27-/m0/s1. The summed E-state index contributed by atoms with van der Waals surface area (Å²) in [6, 6.07) is 18.5. The monoisotopic (exact) mass is 476 g/mol. The molecule has 1 heterocycles. The summed E-state index contributed by atoms with van der Waals surface area (Å²) in [4.78, 5) is 0.257. The third-order valence-corrected chi connectivity index (χ3v) is 8.17. The van der Waals surface area contributed by atoms with Crippen LogP contribution in [0.3, 0.4) is 0 Å². The Balaban J connectivity index is 1.52. The number of benzene rings is 3. The van der Waals surface area contributed by atoms with Crippen LogP contribution in [0.15, 0.2) is 77.7 Å². The predicted molar refractivity (Wildman–Crippen MR) is 134 cm³/mol. The fourth-order valence-electron chi connectivity index (χ4n) is 5.02. The summed E-state index contributed by atoms with van der Waals surface area (Å²) >= 11 is 0. The second-order valence-corrected chi connectivity index (χ2v) is 10.4. The first-order valence-corrected chi connectivity index (χ1v) is 12.8. The molecule has 1 aliphatic carbocycles. The Hall–Kier alpha value is -3.45. The lowest BCUT2D eigenvalue weighted by molar-refractivity contribution is 0.374. The average molecular weight is 477 g/mol. The van der Waals surface area contributed by atoms with E-state index in [0.717, 1.165) is 40.3 Å². The molecule has 34 heavy (non-hydrogen) atoms. The summed E-state index contributed by atoms with van der Waals surface area (Å²) in [7, 11) is -0.395. The van der Waals surface area contributed by atoms with Crippen LogP contribution in [0.5, 0.6) is 11.5 Å². The van der Waals surface area contributed by atoms with E-state index in [0.29, 0.717) is 5.69 Å². The zero-order chi connectivity index (χ0) is 23.9. The Kier molecular flexibility index (Phi) is 5.73. The zero-order valence-corrected chi connectivity index (χ0v) is 20.2. The van der Waals surface area contributed by atoms with Gasteiger partial charge in [-0.15, -0.1) is 0 Å². The molecule has 0 saturated carbocycles. The predicted octanol–water partition coefficient (Wildman–Crippen LogP) is 5.64. The van der Waals surface area contributed by atoms with E-state index >= 15 is 0 Å². The first-order chi connectivity index (χ1) is 16.4. The highest BCUT2D eigenvalue weighted by atomic mass is 32.2. The van der Waals surface area contributed by atoms with Gasteiger partial charge in [-0.25, -0.2) is 8.42 Å². The Morgan fingerprint density at radius 2 is 1.79 bits per heavy atom. The minimum atomic E-state index is -3.72. The van der Waals surface area contributed by atoms with Crippen molar-refractivity contribution in [2.75, 3.05) is 24.3 Å². The molecule has 0 bridgehead atoms. The Morgan fingerprint density at radius 3 is 2.56 bits per heavy atom. The third-order valence-electron chi connectivity index (χ3n) is 6.81. The van der Waals surface area contributed by atoms with Crippen LogP contribution in [0.2, 0.25) is 0 Å². The average Bonchev–Trinajstić information content (AvgIpc) is 3.34. The Bertz CT molecular complexity index is 1370. The van der Waals surface area contributed by atoms with Gasteiger partial charge >= 0.3 is 0 Å². The first kappa shape index (κ1) is 22.3. The van der Waals surface area contributed by atoms with Crippen LogP contribution in [0.4, 0.5) is 11.4 Å². The number of hydrogen-bond acceptors (Lipinski definition) is 5. The van der Waals surface area contributed by atoms with Gasteiger partial charge in [-0.3, -0.25) is 4.72 Å². The largest absolute Gasteiger partial charge is 0.497 e. The normalized spacial score (nSPS) is 20.7.